The largest absolute Gasteiger partial charge is 0.379 e. The van der Waals surface area contributed by atoms with Crippen LogP contribution in [0.15, 0.2) is 0 Å². The number of rotatable bonds is 1. The maximum Gasteiger partial charge on any atom is 0.110 e. The summed E-state index contributed by atoms with van der Waals surface area (Å²) in [5.74, 6) is 0. The van der Waals surface area contributed by atoms with Crippen LogP contribution >= 0.6 is 0 Å². The van der Waals surface area contributed by atoms with E-state index in [1.165, 1.54) is 12.8 Å². The molecule has 0 spiro atoms. The average Bonchev–Trinajstić information content (AvgIpc) is 2.46. The molecule has 2 aliphatic rings. The number of fused-ring (bicyclic) bond motifs is 1. The Morgan fingerprint density at radius 2 is 2.38 bits per heavy atom. The van der Waals surface area contributed by atoms with Gasteiger partial charge in [-0.3, -0.25) is 0 Å². The molecule has 1 aliphatic carbocycles. The van der Waals surface area contributed by atoms with Crippen molar-refractivity contribution < 1.29 is 9.47 Å². The van der Waals surface area contributed by atoms with Gasteiger partial charge in [-0.1, -0.05) is 0 Å². The quantitative estimate of drug-likeness (QED) is 0.465. The van der Waals surface area contributed by atoms with Crippen molar-refractivity contribution in [2.75, 3.05) is 7.11 Å². The molecule has 3 atom stereocenters. The summed E-state index contributed by atoms with van der Waals surface area (Å²) >= 11 is 0. The summed E-state index contributed by atoms with van der Waals surface area (Å²) in [5.41, 5.74) is 0. The maximum atomic E-state index is 5.23. The fourth-order valence-corrected chi connectivity index (χ4v) is 1.46. The Kier molecular flexibility index (Phi) is 0.866. The Labute approximate surface area is 48.8 Å². The third-order valence-electron chi connectivity index (χ3n) is 2.03. The molecule has 2 fully saturated rings. The summed E-state index contributed by atoms with van der Waals surface area (Å²) < 4.78 is 10.4. The van der Waals surface area contributed by atoms with E-state index >= 15 is 0 Å². The van der Waals surface area contributed by atoms with Gasteiger partial charge in [0.15, 0.2) is 0 Å². The Bertz CT molecular complexity index is 103. The molecule has 1 saturated carbocycles. The minimum atomic E-state index is 0.417. The molecule has 8 heavy (non-hydrogen) atoms. The molecular formula is C6H10O2. The van der Waals surface area contributed by atoms with Gasteiger partial charge in [-0.25, -0.2) is 0 Å². The van der Waals surface area contributed by atoms with Gasteiger partial charge in [-0.2, -0.15) is 0 Å². The molecule has 2 rings (SSSR count). The zero-order valence-corrected chi connectivity index (χ0v) is 4.96. The highest BCUT2D eigenvalue weighted by atomic mass is 16.6. The fraction of sp³-hybridized carbons (Fsp3) is 1.00. The van der Waals surface area contributed by atoms with E-state index in [2.05, 4.69) is 0 Å². The highest BCUT2D eigenvalue weighted by molar-refractivity contribution is 4.98. The number of hydrogen-bond donors (Lipinski definition) is 0. The molecule has 0 bridgehead atoms. The Morgan fingerprint density at radius 3 is 2.62 bits per heavy atom. The smallest absolute Gasteiger partial charge is 0.110 e. The number of hydrogen-bond acceptors (Lipinski definition) is 2. The normalized spacial score (nSPS) is 51.4. The molecule has 0 unspecified atom stereocenters. The van der Waals surface area contributed by atoms with Gasteiger partial charge in [0.25, 0.3) is 0 Å². The van der Waals surface area contributed by atoms with Crippen LogP contribution in [0.3, 0.4) is 0 Å². The Morgan fingerprint density at radius 1 is 1.50 bits per heavy atom. The molecule has 2 heteroatoms. The van der Waals surface area contributed by atoms with Crippen LogP contribution in [0.5, 0.6) is 0 Å². The molecule has 0 aromatic rings. The third-order valence-corrected chi connectivity index (χ3v) is 2.03. The first kappa shape index (κ1) is 4.77. The third kappa shape index (κ3) is 0.501. The van der Waals surface area contributed by atoms with Crippen molar-refractivity contribution in [2.45, 2.75) is 31.2 Å². The van der Waals surface area contributed by atoms with Crippen molar-refractivity contribution in [3.05, 3.63) is 0 Å². The second-order valence-electron chi connectivity index (χ2n) is 2.49. The molecule has 1 heterocycles. The minimum Gasteiger partial charge on any atom is -0.379 e. The molecule has 1 aliphatic heterocycles. The second kappa shape index (κ2) is 1.45. The first-order chi connectivity index (χ1) is 3.92. The number of methoxy groups -OCH3 is 1. The summed E-state index contributed by atoms with van der Waals surface area (Å²) in [6.45, 7) is 0. The van der Waals surface area contributed by atoms with Gasteiger partial charge < -0.3 is 9.47 Å². The Hall–Kier alpha value is -0.0800. The molecule has 0 aromatic heterocycles. The van der Waals surface area contributed by atoms with Crippen molar-refractivity contribution in [1.29, 1.82) is 0 Å². The fourth-order valence-electron chi connectivity index (χ4n) is 1.46. The first-order valence-electron chi connectivity index (χ1n) is 3.10. The van der Waals surface area contributed by atoms with E-state index in [-0.39, 0.29) is 0 Å². The molecule has 0 N–H and O–H groups in total. The lowest BCUT2D eigenvalue weighted by Crippen LogP contribution is -2.12. The molecule has 46 valence electrons. The van der Waals surface area contributed by atoms with Gasteiger partial charge in [-0.15, -0.1) is 0 Å². The Balaban J connectivity index is 1.97. The predicted molar refractivity (Wildman–Crippen MR) is 28.7 cm³/mol. The van der Waals surface area contributed by atoms with Gasteiger partial charge in [0, 0.05) is 7.11 Å². The number of ether oxygens (including phenoxy) is 2. The van der Waals surface area contributed by atoms with Crippen LogP contribution in [0.25, 0.3) is 0 Å². The predicted octanol–water partition coefficient (Wildman–Crippen LogP) is 0.563. The van der Waals surface area contributed by atoms with Crippen molar-refractivity contribution in [3.63, 3.8) is 0 Å². The van der Waals surface area contributed by atoms with Crippen LogP contribution < -0.4 is 0 Å². The van der Waals surface area contributed by atoms with Crippen LogP contribution in [0.4, 0.5) is 0 Å². The van der Waals surface area contributed by atoms with Gasteiger partial charge in [0.05, 0.1) is 12.2 Å². The molecule has 0 amide bonds. The van der Waals surface area contributed by atoms with E-state index < -0.39 is 0 Å². The molecule has 1 saturated heterocycles. The summed E-state index contributed by atoms with van der Waals surface area (Å²) in [7, 11) is 1.76. The van der Waals surface area contributed by atoms with Crippen molar-refractivity contribution in [2.24, 2.45) is 0 Å². The lowest BCUT2D eigenvalue weighted by atomic mass is 10.3. The monoisotopic (exact) mass is 114 g/mol. The van der Waals surface area contributed by atoms with E-state index in [4.69, 9.17) is 9.47 Å². The molecular weight excluding hydrogens is 104 g/mol. The number of epoxide rings is 1. The molecule has 0 aromatic carbocycles. The minimum absolute atomic E-state index is 0.417. The summed E-state index contributed by atoms with van der Waals surface area (Å²) in [6, 6.07) is 0. The van der Waals surface area contributed by atoms with Crippen LogP contribution in [0, 0.1) is 0 Å². The van der Waals surface area contributed by atoms with Crippen LogP contribution in [-0.4, -0.2) is 25.4 Å². The topological polar surface area (TPSA) is 21.8 Å². The van der Waals surface area contributed by atoms with E-state index in [1.54, 1.807) is 7.11 Å². The van der Waals surface area contributed by atoms with E-state index in [9.17, 15) is 0 Å². The summed E-state index contributed by atoms with van der Waals surface area (Å²) in [5, 5.41) is 0. The van der Waals surface area contributed by atoms with Crippen LogP contribution in [-0.2, 0) is 9.47 Å². The van der Waals surface area contributed by atoms with Gasteiger partial charge in [0.2, 0.25) is 0 Å². The van der Waals surface area contributed by atoms with Crippen LogP contribution in [0.1, 0.15) is 12.8 Å². The van der Waals surface area contributed by atoms with E-state index in [0.717, 1.165) is 0 Å². The van der Waals surface area contributed by atoms with E-state index in [0.29, 0.717) is 18.3 Å². The summed E-state index contributed by atoms with van der Waals surface area (Å²) in [4.78, 5) is 0. The van der Waals surface area contributed by atoms with Crippen LogP contribution in [0.2, 0.25) is 0 Å². The lowest BCUT2D eigenvalue weighted by Gasteiger charge is -2.05. The second-order valence-corrected chi connectivity index (χ2v) is 2.49. The molecule has 2 nitrogen and oxygen atoms in total. The average molecular weight is 114 g/mol. The van der Waals surface area contributed by atoms with Gasteiger partial charge in [0.1, 0.15) is 6.10 Å². The zero-order valence-electron chi connectivity index (χ0n) is 4.96. The summed E-state index contributed by atoms with van der Waals surface area (Å²) in [6.07, 6.45) is 3.87. The van der Waals surface area contributed by atoms with Gasteiger partial charge in [-0.05, 0) is 12.8 Å². The van der Waals surface area contributed by atoms with Gasteiger partial charge >= 0.3 is 0 Å². The van der Waals surface area contributed by atoms with Crippen molar-refractivity contribution in [1.82, 2.24) is 0 Å². The maximum absolute atomic E-state index is 5.23. The highest BCUT2D eigenvalue weighted by Crippen LogP contribution is 2.39. The lowest BCUT2D eigenvalue weighted by molar-refractivity contribution is 0.0669. The highest BCUT2D eigenvalue weighted by Gasteiger charge is 2.50. The van der Waals surface area contributed by atoms with Crippen molar-refractivity contribution >= 4 is 0 Å². The standard InChI is InChI=1S/C6H10O2/c1-7-4-2-3-5-6(4)8-5/h4-6H,2-3H2,1H3/t4-,5-,6-/m0/s1. The van der Waals surface area contributed by atoms with Crippen molar-refractivity contribution in [3.8, 4) is 0 Å². The van der Waals surface area contributed by atoms with E-state index in [1.807, 2.05) is 0 Å². The molecule has 0 radical (unpaired) electrons. The zero-order chi connectivity index (χ0) is 5.56. The first-order valence-corrected chi connectivity index (χ1v) is 3.10. The SMILES string of the molecule is CO[C@H]1CC[C@@H]2O[C@@H]12.